The molecule has 2 unspecified atom stereocenters. The van der Waals surface area contributed by atoms with E-state index in [1.807, 2.05) is 32.9 Å². The van der Waals surface area contributed by atoms with Crippen molar-refractivity contribution in [3.8, 4) is 0 Å². The third-order valence-corrected chi connectivity index (χ3v) is 4.00. The van der Waals surface area contributed by atoms with E-state index in [2.05, 4.69) is 6.92 Å². The highest BCUT2D eigenvalue weighted by molar-refractivity contribution is 5.79. The van der Waals surface area contributed by atoms with Gasteiger partial charge in [-0.3, -0.25) is 4.79 Å². The summed E-state index contributed by atoms with van der Waals surface area (Å²) in [5.41, 5.74) is 9.56. The van der Waals surface area contributed by atoms with E-state index in [1.165, 1.54) is 0 Å². The molecule has 1 aromatic carbocycles. The summed E-state index contributed by atoms with van der Waals surface area (Å²) in [6.45, 7) is 8.09. The van der Waals surface area contributed by atoms with Crippen molar-refractivity contribution in [3.63, 3.8) is 0 Å². The number of carboxylic acid groups (broad SMARTS) is 1. The van der Waals surface area contributed by atoms with Gasteiger partial charge in [0, 0.05) is 5.69 Å². The maximum Gasteiger partial charge on any atom is 0.311 e. The monoisotopic (exact) mass is 277 g/mol. The molecule has 3 heteroatoms. The molecule has 0 aliphatic heterocycles. The fourth-order valence-corrected chi connectivity index (χ4v) is 2.83. The molecule has 20 heavy (non-hydrogen) atoms. The Morgan fingerprint density at radius 3 is 2.50 bits per heavy atom. The van der Waals surface area contributed by atoms with E-state index in [1.54, 1.807) is 0 Å². The molecule has 0 spiro atoms. The molecule has 0 aliphatic rings. The van der Waals surface area contributed by atoms with Crippen LogP contribution < -0.4 is 5.73 Å². The molecule has 0 saturated carbocycles. The Morgan fingerprint density at radius 2 is 1.95 bits per heavy atom. The van der Waals surface area contributed by atoms with Crippen LogP contribution in [-0.2, 0) is 4.79 Å². The van der Waals surface area contributed by atoms with E-state index in [9.17, 15) is 9.90 Å². The third-order valence-electron chi connectivity index (χ3n) is 4.00. The Kier molecular flexibility index (Phi) is 6.05. The van der Waals surface area contributed by atoms with Crippen LogP contribution in [0.2, 0.25) is 0 Å². The number of carboxylic acids is 1. The number of rotatable bonds is 7. The molecule has 0 fully saturated rings. The molecule has 1 rings (SSSR count). The molecule has 0 bridgehead atoms. The number of nitrogens with two attached hydrogens (primary N) is 1. The second-order valence-corrected chi connectivity index (χ2v) is 5.87. The second-order valence-electron chi connectivity index (χ2n) is 5.87. The van der Waals surface area contributed by atoms with E-state index in [0.717, 1.165) is 42.4 Å². The van der Waals surface area contributed by atoms with Crippen molar-refractivity contribution in [2.45, 2.75) is 59.3 Å². The SMILES string of the molecule is CCCCCC(C)C(C(=O)O)c1cc(C)cc(C)c1N. The van der Waals surface area contributed by atoms with E-state index in [-0.39, 0.29) is 5.92 Å². The zero-order valence-corrected chi connectivity index (χ0v) is 13.1. The lowest BCUT2D eigenvalue weighted by Crippen LogP contribution is -2.21. The van der Waals surface area contributed by atoms with Crippen molar-refractivity contribution in [2.75, 3.05) is 5.73 Å². The first-order chi connectivity index (χ1) is 9.38. The summed E-state index contributed by atoms with van der Waals surface area (Å²) in [5.74, 6) is -1.18. The second kappa shape index (κ2) is 7.32. The smallest absolute Gasteiger partial charge is 0.311 e. The van der Waals surface area contributed by atoms with Crippen molar-refractivity contribution in [1.29, 1.82) is 0 Å². The number of nitrogen functional groups attached to an aromatic ring is 1. The number of anilines is 1. The van der Waals surface area contributed by atoms with Crippen LogP contribution in [0.3, 0.4) is 0 Å². The fraction of sp³-hybridized carbons (Fsp3) is 0.588. The Balaban J connectivity index is 3.05. The number of carbonyl (C=O) groups is 1. The Labute approximate surface area is 122 Å². The van der Waals surface area contributed by atoms with E-state index in [4.69, 9.17) is 5.73 Å². The minimum absolute atomic E-state index is 0.0996. The first-order valence-electron chi connectivity index (χ1n) is 7.47. The minimum atomic E-state index is -0.773. The van der Waals surface area contributed by atoms with Crippen molar-refractivity contribution in [1.82, 2.24) is 0 Å². The molecule has 0 heterocycles. The van der Waals surface area contributed by atoms with Gasteiger partial charge < -0.3 is 10.8 Å². The molecule has 112 valence electrons. The maximum absolute atomic E-state index is 11.7. The van der Waals surface area contributed by atoms with E-state index >= 15 is 0 Å². The van der Waals surface area contributed by atoms with Crippen molar-refractivity contribution in [2.24, 2.45) is 5.92 Å². The van der Waals surface area contributed by atoms with Crippen LogP contribution in [-0.4, -0.2) is 11.1 Å². The van der Waals surface area contributed by atoms with Gasteiger partial charge in [-0.1, -0.05) is 50.8 Å². The summed E-state index contributed by atoms with van der Waals surface area (Å²) >= 11 is 0. The summed E-state index contributed by atoms with van der Waals surface area (Å²) in [5, 5.41) is 9.60. The molecule has 0 aliphatic carbocycles. The molecule has 0 saturated heterocycles. The van der Waals surface area contributed by atoms with Gasteiger partial charge in [0.15, 0.2) is 0 Å². The first-order valence-corrected chi connectivity index (χ1v) is 7.47. The Bertz CT molecular complexity index is 468. The van der Waals surface area contributed by atoms with Crippen LogP contribution in [0.4, 0.5) is 5.69 Å². The maximum atomic E-state index is 11.7. The normalized spacial score (nSPS) is 14.0. The number of aliphatic carboxylic acids is 1. The number of hydrogen-bond donors (Lipinski definition) is 2. The zero-order valence-electron chi connectivity index (χ0n) is 13.1. The number of benzene rings is 1. The highest BCUT2D eigenvalue weighted by Gasteiger charge is 2.28. The first kappa shape index (κ1) is 16.5. The van der Waals surface area contributed by atoms with Gasteiger partial charge in [0.25, 0.3) is 0 Å². The third kappa shape index (κ3) is 3.99. The highest BCUT2D eigenvalue weighted by Crippen LogP contribution is 2.34. The van der Waals surface area contributed by atoms with Crippen LogP contribution in [0.5, 0.6) is 0 Å². The number of aryl methyl sites for hydroxylation is 2. The van der Waals surface area contributed by atoms with E-state index in [0.29, 0.717) is 5.69 Å². The van der Waals surface area contributed by atoms with E-state index < -0.39 is 11.9 Å². The fourth-order valence-electron chi connectivity index (χ4n) is 2.83. The zero-order chi connectivity index (χ0) is 15.3. The van der Waals surface area contributed by atoms with Crippen molar-refractivity contribution < 1.29 is 9.90 Å². The quantitative estimate of drug-likeness (QED) is 0.578. The lowest BCUT2D eigenvalue weighted by atomic mass is 9.82. The predicted octanol–water partition coefficient (Wildman–Crippen LogP) is 4.27. The molecular formula is C17H27NO2. The summed E-state index contributed by atoms with van der Waals surface area (Å²) in [4.78, 5) is 11.7. The molecule has 1 aromatic rings. The van der Waals surface area contributed by atoms with Crippen LogP contribution in [0, 0.1) is 19.8 Å². The molecular weight excluding hydrogens is 250 g/mol. The van der Waals surface area contributed by atoms with Gasteiger partial charge in [-0.2, -0.15) is 0 Å². The van der Waals surface area contributed by atoms with Crippen LogP contribution in [0.15, 0.2) is 12.1 Å². The van der Waals surface area contributed by atoms with Gasteiger partial charge in [-0.05, 0) is 37.3 Å². The minimum Gasteiger partial charge on any atom is -0.481 e. The summed E-state index contributed by atoms with van der Waals surface area (Å²) in [7, 11) is 0. The molecule has 2 atom stereocenters. The molecule has 3 nitrogen and oxygen atoms in total. The molecule has 3 N–H and O–H groups in total. The van der Waals surface area contributed by atoms with Crippen molar-refractivity contribution in [3.05, 3.63) is 28.8 Å². The van der Waals surface area contributed by atoms with Crippen LogP contribution in [0.1, 0.15) is 62.1 Å². The van der Waals surface area contributed by atoms with Gasteiger partial charge in [0.1, 0.15) is 0 Å². The largest absolute Gasteiger partial charge is 0.481 e. The topological polar surface area (TPSA) is 63.3 Å². The van der Waals surface area contributed by atoms with Gasteiger partial charge in [-0.15, -0.1) is 0 Å². The van der Waals surface area contributed by atoms with Crippen LogP contribution >= 0.6 is 0 Å². The molecule has 0 aromatic heterocycles. The van der Waals surface area contributed by atoms with Gasteiger partial charge in [-0.25, -0.2) is 0 Å². The van der Waals surface area contributed by atoms with Crippen molar-refractivity contribution >= 4 is 11.7 Å². The Hall–Kier alpha value is -1.51. The predicted molar refractivity (Wildman–Crippen MR) is 84.0 cm³/mol. The van der Waals surface area contributed by atoms with Gasteiger partial charge in [0.05, 0.1) is 5.92 Å². The number of hydrogen-bond acceptors (Lipinski definition) is 2. The summed E-state index contributed by atoms with van der Waals surface area (Å²) in [6, 6.07) is 3.93. The molecule has 0 radical (unpaired) electrons. The average molecular weight is 277 g/mol. The lowest BCUT2D eigenvalue weighted by Gasteiger charge is -2.23. The Morgan fingerprint density at radius 1 is 1.30 bits per heavy atom. The highest BCUT2D eigenvalue weighted by atomic mass is 16.4. The standard InChI is InChI=1S/C17H27NO2/c1-5-6-7-8-12(3)15(17(19)20)14-10-11(2)9-13(4)16(14)18/h9-10,12,15H,5-8,18H2,1-4H3,(H,19,20). The van der Waals surface area contributed by atoms with Crippen LogP contribution in [0.25, 0.3) is 0 Å². The van der Waals surface area contributed by atoms with Gasteiger partial charge >= 0.3 is 5.97 Å². The average Bonchev–Trinajstić information content (AvgIpc) is 2.35. The summed E-state index contributed by atoms with van der Waals surface area (Å²) in [6.07, 6.45) is 4.30. The summed E-state index contributed by atoms with van der Waals surface area (Å²) < 4.78 is 0. The van der Waals surface area contributed by atoms with Gasteiger partial charge in [0.2, 0.25) is 0 Å². The molecule has 0 amide bonds. The lowest BCUT2D eigenvalue weighted by molar-refractivity contribution is -0.140. The number of unbranched alkanes of at least 4 members (excludes halogenated alkanes) is 2.